The molecule has 0 aliphatic carbocycles. The molecule has 13 nitrogen and oxygen atoms in total. The van der Waals surface area contributed by atoms with Gasteiger partial charge in [0.25, 0.3) is 0 Å². The molecular formula is C23H29N7O6S. The lowest BCUT2D eigenvalue weighted by molar-refractivity contribution is -0.142. The molecular weight excluding hydrogens is 502 g/mol. The van der Waals surface area contributed by atoms with E-state index in [0.29, 0.717) is 5.69 Å². The fraction of sp³-hybridized carbons (Fsp3) is 0.348. The van der Waals surface area contributed by atoms with E-state index in [9.17, 15) is 24.3 Å². The Balaban J connectivity index is 1.69. The summed E-state index contributed by atoms with van der Waals surface area (Å²) >= 11 is 3.87. The van der Waals surface area contributed by atoms with Crippen LogP contribution >= 0.6 is 12.6 Å². The van der Waals surface area contributed by atoms with Gasteiger partial charge >= 0.3 is 5.97 Å². The largest absolute Gasteiger partial charge is 0.480 e. The number of imidazole rings is 1. The molecule has 198 valence electrons. The molecule has 2 aromatic heterocycles. The van der Waals surface area contributed by atoms with Crippen molar-refractivity contribution in [1.82, 2.24) is 30.9 Å². The third-order valence-electron chi connectivity index (χ3n) is 5.68. The van der Waals surface area contributed by atoms with E-state index in [1.54, 1.807) is 6.20 Å². The highest BCUT2D eigenvalue weighted by atomic mass is 32.1. The van der Waals surface area contributed by atoms with Crippen molar-refractivity contribution >= 4 is 47.2 Å². The van der Waals surface area contributed by atoms with E-state index in [1.165, 1.54) is 12.5 Å². The van der Waals surface area contributed by atoms with Crippen LogP contribution in [0.4, 0.5) is 0 Å². The third-order valence-corrected chi connectivity index (χ3v) is 6.04. The van der Waals surface area contributed by atoms with Gasteiger partial charge in [-0.2, -0.15) is 12.6 Å². The summed E-state index contributed by atoms with van der Waals surface area (Å²) in [5.41, 5.74) is 8.41. The number of carboxylic acid groups (broad SMARTS) is 1. The number of carboxylic acids is 1. The number of amides is 3. The van der Waals surface area contributed by atoms with E-state index in [2.05, 4.69) is 43.5 Å². The average Bonchev–Trinajstić information content (AvgIpc) is 3.55. The number of hydrogen-bond acceptors (Lipinski definition) is 8. The molecule has 0 saturated heterocycles. The summed E-state index contributed by atoms with van der Waals surface area (Å²) in [4.78, 5) is 59.5. The monoisotopic (exact) mass is 531 g/mol. The zero-order valence-corrected chi connectivity index (χ0v) is 20.6. The number of benzene rings is 1. The van der Waals surface area contributed by atoms with Crippen LogP contribution in [0, 0.1) is 0 Å². The summed E-state index contributed by atoms with van der Waals surface area (Å²) in [5, 5.41) is 26.8. The molecule has 9 N–H and O–H groups in total. The van der Waals surface area contributed by atoms with Crippen LogP contribution in [0.15, 0.2) is 43.0 Å². The summed E-state index contributed by atoms with van der Waals surface area (Å²) in [6.07, 6.45) is 4.84. The Bertz CT molecular complexity index is 1230. The SMILES string of the molecule is NC(Cc1c[nH]c2ccccc12)C(=O)NC(Cc1cnc[nH]1)C(=O)NC(CO)C(=O)NC(CS)C(=O)O. The van der Waals surface area contributed by atoms with Gasteiger partial charge in [0.2, 0.25) is 17.7 Å². The standard InChI is InChI=1S/C23H29N7O6S/c24-15(5-12-7-26-16-4-2-1-3-14(12)16)20(32)28-17(6-13-8-25-11-27-13)21(33)29-18(9-31)22(34)30-19(10-37)23(35)36/h1-4,7-8,11,15,17-19,26,31,37H,5-6,9-10,24H2,(H,25,27)(H,28,32)(H,29,33)(H,30,34)(H,35,36). The number of aliphatic hydroxyl groups is 1. The molecule has 1 aromatic carbocycles. The first-order valence-electron chi connectivity index (χ1n) is 11.4. The number of fused-ring (bicyclic) bond motifs is 1. The fourth-order valence-electron chi connectivity index (χ4n) is 3.66. The summed E-state index contributed by atoms with van der Waals surface area (Å²) in [6, 6.07) is 2.62. The maximum atomic E-state index is 13.1. The molecule has 0 aliphatic heterocycles. The number of nitrogens with one attached hydrogen (secondary N) is 5. The van der Waals surface area contributed by atoms with E-state index >= 15 is 0 Å². The van der Waals surface area contributed by atoms with Crippen LogP contribution in [0.1, 0.15) is 11.3 Å². The van der Waals surface area contributed by atoms with Crippen LogP contribution in [-0.2, 0) is 32.0 Å². The van der Waals surface area contributed by atoms with Crippen LogP contribution in [0.5, 0.6) is 0 Å². The zero-order valence-electron chi connectivity index (χ0n) is 19.7. The number of nitrogens with two attached hydrogens (primary N) is 1. The maximum absolute atomic E-state index is 13.1. The second kappa shape index (κ2) is 12.9. The molecule has 14 heteroatoms. The highest BCUT2D eigenvalue weighted by molar-refractivity contribution is 7.80. The smallest absolute Gasteiger partial charge is 0.327 e. The lowest BCUT2D eigenvalue weighted by Gasteiger charge is -2.24. The van der Waals surface area contributed by atoms with Crippen molar-refractivity contribution in [3.63, 3.8) is 0 Å². The minimum atomic E-state index is -1.46. The van der Waals surface area contributed by atoms with E-state index in [-0.39, 0.29) is 18.6 Å². The predicted molar refractivity (Wildman–Crippen MR) is 137 cm³/mol. The Morgan fingerprint density at radius 1 is 0.973 bits per heavy atom. The molecule has 37 heavy (non-hydrogen) atoms. The Morgan fingerprint density at radius 3 is 2.30 bits per heavy atom. The molecule has 3 aromatic rings. The second-order valence-electron chi connectivity index (χ2n) is 8.34. The minimum Gasteiger partial charge on any atom is -0.480 e. The molecule has 2 heterocycles. The molecule has 0 saturated carbocycles. The van der Waals surface area contributed by atoms with Gasteiger partial charge in [0, 0.05) is 41.2 Å². The normalized spacial score (nSPS) is 14.4. The number of aromatic amines is 2. The lowest BCUT2D eigenvalue weighted by Crippen LogP contribution is -2.58. The van der Waals surface area contributed by atoms with Crippen molar-refractivity contribution in [2.45, 2.75) is 37.0 Å². The number of thiol groups is 1. The summed E-state index contributed by atoms with van der Waals surface area (Å²) in [5.74, 6) is -3.81. The van der Waals surface area contributed by atoms with Crippen molar-refractivity contribution in [1.29, 1.82) is 0 Å². The van der Waals surface area contributed by atoms with Crippen LogP contribution in [0.2, 0.25) is 0 Å². The van der Waals surface area contributed by atoms with Gasteiger partial charge < -0.3 is 41.9 Å². The molecule has 4 unspecified atom stereocenters. The first kappa shape index (κ1) is 27.7. The number of nitrogens with zero attached hydrogens (tertiary/aromatic N) is 1. The van der Waals surface area contributed by atoms with Gasteiger partial charge in [-0.3, -0.25) is 14.4 Å². The van der Waals surface area contributed by atoms with E-state index in [0.717, 1.165) is 16.5 Å². The second-order valence-corrected chi connectivity index (χ2v) is 8.70. The Morgan fingerprint density at radius 2 is 1.65 bits per heavy atom. The van der Waals surface area contributed by atoms with Gasteiger partial charge in [-0.05, 0) is 18.1 Å². The van der Waals surface area contributed by atoms with Crippen molar-refractivity contribution in [2.75, 3.05) is 12.4 Å². The number of carbonyl (C=O) groups excluding carboxylic acids is 3. The Hall–Kier alpha value is -3.88. The van der Waals surface area contributed by atoms with Crippen molar-refractivity contribution in [2.24, 2.45) is 5.73 Å². The first-order valence-corrected chi connectivity index (χ1v) is 12.0. The number of para-hydroxylation sites is 1. The average molecular weight is 532 g/mol. The van der Waals surface area contributed by atoms with Gasteiger partial charge in [0.05, 0.1) is 19.0 Å². The van der Waals surface area contributed by atoms with Crippen LogP contribution < -0.4 is 21.7 Å². The predicted octanol–water partition coefficient (Wildman–Crippen LogP) is -1.54. The summed E-state index contributed by atoms with van der Waals surface area (Å²) in [7, 11) is 0. The highest BCUT2D eigenvalue weighted by Gasteiger charge is 2.30. The lowest BCUT2D eigenvalue weighted by atomic mass is 10.0. The van der Waals surface area contributed by atoms with E-state index in [1.807, 2.05) is 24.3 Å². The first-order chi connectivity index (χ1) is 17.7. The Labute approximate surface area is 217 Å². The van der Waals surface area contributed by atoms with Crippen molar-refractivity contribution in [3.8, 4) is 0 Å². The number of aromatic nitrogens is 3. The number of aliphatic carboxylic acids is 1. The van der Waals surface area contributed by atoms with Gasteiger partial charge in [0.15, 0.2) is 0 Å². The zero-order chi connectivity index (χ0) is 26.9. The molecule has 0 spiro atoms. The van der Waals surface area contributed by atoms with Crippen LogP contribution in [0.3, 0.4) is 0 Å². The number of hydrogen-bond donors (Lipinski definition) is 9. The molecule has 0 radical (unpaired) electrons. The minimum absolute atomic E-state index is 0.00840. The number of H-pyrrole nitrogens is 2. The molecule has 0 bridgehead atoms. The maximum Gasteiger partial charge on any atom is 0.327 e. The Kier molecular flexibility index (Phi) is 9.65. The quantitative estimate of drug-likeness (QED) is 0.118. The molecule has 4 atom stereocenters. The van der Waals surface area contributed by atoms with Gasteiger partial charge in [-0.15, -0.1) is 0 Å². The van der Waals surface area contributed by atoms with E-state index < -0.39 is 54.5 Å². The van der Waals surface area contributed by atoms with Gasteiger partial charge in [0.1, 0.15) is 18.1 Å². The van der Waals surface area contributed by atoms with Gasteiger partial charge in [-0.1, -0.05) is 18.2 Å². The van der Waals surface area contributed by atoms with Crippen molar-refractivity contribution in [3.05, 3.63) is 54.2 Å². The van der Waals surface area contributed by atoms with Crippen LogP contribution in [-0.4, -0.2) is 85.4 Å². The molecule has 0 aliphatic rings. The fourth-order valence-corrected chi connectivity index (χ4v) is 3.91. The summed E-state index contributed by atoms with van der Waals surface area (Å²) in [6.45, 7) is -0.804. The molecule has 0 fully saturated rings. The van der Waals surface area contributed by atoms with E-state index in [4.69, 9.17) is 10.8 Å². The number of carbonyl (C=O) groups is 4. The van der Waals surface area contributed by atoms with Crippen LogP contribution in [0.25, 0.3) is 10.9 Å². The number of aliphatic hydroxyl groups excluding tert-OH is 1. The van der Waals surface area contributed by atoms with Crippen molar-refractivity contribution < 1.29 is 29.4 Å². The topological polar surface area (TPSA) is 215 Å². The van der Waals surface area contributed by atoms with Gasteiger partial charge in [-0.25, -0.2) is 9.78 Å². The molecule has 3 rings (SSSR count). The molecule has 3 amide bonds. The highest BCUT2D eigenvalue weighted by Crippen LogP contribution is 2.18. The number of rotatable bonds is 13. The third kappa shape index (κ3) is 7.31. The summed E-state index contributed by atoms with van der Waals surface area (Å²) < 4.78 is 0.